The first-order valence-electron chi connectivity index (χ1n) is 4.47. The summed E-state index contributed by atoms with van der Waals surface area (Å²) in [6.45, 7) is 0. The van der Waals surface area contributed by atoms with Crippen molar-refractivity contribution in [2.75, 3.05) is 0 Å². The van der Waals surface area contributed by atoms with Crippen molar-refractivity contribution in [1.82, 2.24) is 0 Å². The van der Waals surface area contributed by atoms with Gasteiger partial charge < -0.3 is 2.85 Å². The molecule has 2 aliphatic carbocycles. The van der Waals surface area contributed by atoms with Crippen LogP contribution >= 0.6 is 0 Å². The van der Waals surface area contributed by atoms with Crippen molar-refractivity contribution in [2.24, 2.45) is 0 Å². The minimum Gasteiger partial charge on any atom is -1.00 e. The summed E-state index contributed by atoms with van der Waals surface area (Å²) in [5.41, 5.74) is 3.35. The first-order valence-corrected chi connectivity index (χ1v) is 6.93. The average Bonchev–Trinajstić information content (AvgIpc) is 2.64. The second-order valence-corrected chi connectivity index (χ2v) is 7.10. The molecule has 3 aliphatic rings. The number of rotatable bonds is 0. The van der Waals surface area contributed by atoms with Gasteiger partial charge in [0, 0.05) is 0 Å². The molecule has 1 aliphatic heterocycles. The summed E-state index contributed by atoms with van der Waals surface area (Å²) in [4.78, 5) is 0. The molecule has 0 amide bonds. The summed E-state index contributed by atoms with van der Waals surface area (Å²) in [5.74, 6) is 0. The molecule has 0 bridgehead atoms. The molecule has 0 nitrogen and oxygen atoms in total. The van der Waals surface area contributed by atoms with Crippen molar-refractivity contribution in [1.29, 1.82) is 0 Å². The monoisotopic (exact) mass is 234 g/mol. The minimum atomic E-state index is -0.280. The van der Waals surface area contributed by atoms with Crippen molar-refractivity contribution < 1.29 is 26.1 Å². The van der Waals surface area contributed by atoms with Gasteiger partial charge in [0.15, 0.2) is 0 Å². The van der Waals surface area contributed by atoms with Crippen molar-refractivity contribution in [3.8, 4) is 0 Å². The smallest absolute Gasteiger partial charge is 1.00 e. The van der Waals surface area contributed by atoms with Crippen molar-refractivity contribution >= 4 is 0 Å². The third-order valence-electron chi connectivity index (χ3n) is 2.74. The van der Waals surface area contributed by atoms with Gasteiger partial charge in [0.2, 0.25) is 0 Å². The molecule has 0 spiro atoms. The standard InChI is InChI=1S/C11H10.Zr.2H/c1-2-6-10(5-1)9-11-7-3-4-8-11;;;/h1,3,5,7H,2,4,9H2;;;/q;+2;2*-1. The maximum absolute atomic E-state index is 2.35. The zero-order valence-corrected chi connectivity index (χ0v) is 9.39. The van der Waals surface area contributed by atoms with Gasteiger partial charge in [-0.2, -0.15) is 0 Å². The van der Waals surface area contributed by atoms with Crippen LogP contribution in [0, 0.1) is 0 Å². The van der Waals surface area contributed by atoms with Crippen LogP contribution in [0.25, 0.3) is 0 Å². The van der Waals surface area contributed by atoms with Gasteiger partial charge in [-0.25, -0.2) is 0 Å². The Labute approximate surface area is 87.3 Å². The number of allylic oxidation sites excluding steroid dienone is 8. The Bertz CT molecular complexity index is 327. The van der Waals surface area contributed by atoms with E-state index in [1.54, 1.807) is 11.1 Å². The Kier molecular flexibility index (Phi) is 1.62. The third-order valence-corrected chi connectivity index (χ3v) is 6.81. The van der Waals surface area contributed by atoms with Gasteiger partial charge in [-0.15, -0.1) is 0 Å². The minimum absolute atomic E-state index is 0. The summed E-state index contributed by atoms with van der Waals surface area (Å²) >= 11 is -0.280. The van der Waals surface area contributed by atoms with E-state index in [1.165, 1.54) is 19.3 Å². The fourth-order valence-electron chi connectivity index (χ4n) is 2.08. The van der Waals surface area contributed by atoms with E-state index in [1.807, 2.05) is 6.56 Å². The van der Waals surface area contributed by atoms with Gasteiger partial charge in [0.25, 0.3) is 0 Å². The van der Waals surface area contributed by atoms with Gasteiger partial charge in [0.1, 0.15) is 0 Å². The van der Waals surface area contributed by atoms with Crippen LogP contribution in [0.3, 0.4) is 0 Å². The summed E-state index contributed by atoms with van der Waals surface area (Å²) in [7, 11) is 0. The van der Waals surface area contributed by atoms with E-state index in [9.17, 15) is 0 Å². The maximum atomic E-state index is 2.35. The molecule has 60 valence electrons. The predicted molar refractivity (Wildman–Crippen MR) is 48.4 cm³/mol. The van der Waals surface area contributed by atoms with Gasteiger partial charge in [0.05, 0.1) is 0 Å². The van der Waals surface area contributed by atoms with Crippen LogP contribution in [-0.2, 0) is 23.2 Å². The van der Waals surface area contributed by atoms with Gasteiger partial charge >= 0.3 is 84.5 Å². The average molecular weight is 235 g/mol. The fraction of sp³-hybridized carbons (Fsp3) is 0.273. The zero-order valence-electron chi connectivity index (χ0n) is 8.93. The SMILES string of the molecule is C1=CC2=[C](C1)[Zr+2][C]1=C(C=CC1)C2.[H-].[H-]. The second-order valence-electron chi connectivity index (χ2n) is 3.52. The molecule has 0 N–H and O–H groups in total. The molecule has 0 saturated carbocycles. The Hall–Kier alpha value is -0.157. The molecule has 0 aromatic carbocycles. The van der Waals surface area contributed by atoms with Crippen LogP contribution in [0.15, 0.2) is 42.0 Å². The van der Waals surface area contributed by atoms with Crippen LogP contribution in [0.2, 0.25) is 0 Å². The normalized spacial score (nSPS) is 24.0. The second kappa shape index (κ2) is 2.67. The Morgan fingerprint density at radius 2 is 1.58 bits per heavy atom. The molecule has 3 rings (SSSR count). The topological polar surface area (TPSA) is 0 Å². The van der Waals surface area contributed by atoms with E-state index in [-0.39, 0.29) is 26.1 Å². The van der Waals surface area contributed by atoms with Crippen LogP contribution in [0.1, 0.15) is 22.1 Å². The summed E-state index contributed by atoms with van der Waals surface area (Å²) < 4.78 is 3.70. The van der Waals surface area contributed by atoms with Crippen molar-refractivity contribution in [2.45, 2.75) is 19.3 Å². The molecule has 0 atom stereocenters. The van der Waals surface area contributed by atoms with Gasteiger partial charge in [-0.3, -0.25) is 0 Å². The van der Waals surface area contributed by atoms with Crippen LogP contribution < -0.4 is 0 Å². The fourth-order valence-corrected chi connectivity index (χ4v) is 5.69. The van der Waals surface area contributed by atoms with Crippen molar-refractivity contribution in [3.05, 3.63) is 42.0 Å². The predicted octanol–water partition coefficient (Wildman–Crippen LogP) is 3.13. The molecule has 0 aromatic heterocycles. The molecular formula is C11H12Zr. The first-order chi connectivity index (χ1) is 5.93. The first kappa shape index (κ1) is 7.27. The molecule has 0 fully saturated rings. The number of hydrogen-bond donors (Lipinski definition) is 0. The molecule has 0 aromatic rings. The van der Waals surface area contributed by atoms with E-state index in [0.29, 0.717) is 0 Å². The molecular weight excluding hydrogens is 223 g/mol. The summed E-state index contributed by atoms with van der Waals surface area (Å²) in [6, 6.07) is 0. The molecule has 1 heteroatoms. The van der Waals surface area contributed by atoms with E-state index < -0.39 is 0 Å². The van der Waals surface area contributed by atoms with E-state index in [4.69, 9.17) is 0 Å². The molecule has 1 heterocycles. The Balaban J connectivity index is 0.000000490. The van der Waals surface area contributed by atoms with Crippen LogP contribution in [0.5, 0.6) is 0 Å². The van der Waals surface area contributed by atoms with Gasteiger partial charge in [-0.05, 0) is 0 Å². The molecule has 12 heavy (non-hydrogen) atoms. The quantitative estimate of drug-likeness (QED) is 0.605. The summed E-state index contributed by atoms with van der Waals surface area (Å²) in [5, 5.41) is 0. The molecule has 0 saturated heterocycles. The molecule has 0 radical (unpaired) electrons. The summed E-state index contributed by atoms with van der Waals surface area (Å²) in [6.07, 6.45) is 13.2. The largest absolute Gasteiger partial charge is 1.00 e. The number of hydrogen-bond acceptors (Lipinski definition) is 0. The van der Waals surface area contributed by atoms with E-state index in [2.05, 4.69) is 24.3 Å². The van der Waals surface area contributed by atoms with Gasteiger partial charge in [-0.1, -0.05) is 0 Å². The Morgan fingerprint density at radius 1 is 1.00 bits per heavy atom. The van der Waals surface area contributed by atoms with E-state index >= 15 is 0 Å². The van der Waals surface area contributed by atoms with E-state index in [0.717, 1.165) is 0 Å². The Morgan fingerprint density at radius 3 is 2.17 bits per heavy atom. The molecule has 0 unspecified atom stereocenters. The van der Waals surface area contributed by atoms with Crippen LogP contribution in [0.4, 0.5) is 0 Å². The van der Waals surface area contributed by atoms with Crippen molar-refractivity contribution in [3.63, 3.8) is 0 Å². The third kappa shape index (κ3) is 0.993. The maximum Gasteiger partial charge on any atom is -1.00 e. The zero-order chi connectivity index (χ0) is 7.97. The van der Waals surface area contributed by atoms with Crippen LogP contribution in [-0.4, -0.2) is 0 Å².